The van der Waals surface area contributed by atoms with Gasteiger partial charge < -0.3 is 29.2 Å². The van der Waals surface area contributed by atoms with Gasteiger partial charge in [-0.25, -0.2) is 9.79 Å². The molecule has 0 saturated heterocycles. The molecular weight excluding hydrogens is 434 g/mol. The number of thioether (sulfide) groups is 1. The summed E-state index contributed by atoms with van der Waals surface area (Å²) in [6.07, 6.45) is 1.63. The van der Waals surface area contributed by atoms with E-state index >= 15 is 0 Å². The fourth-order valence-corrected chi connectivity index (χ4v) is 4.00. The SMILES string of the molecule is CCOC(=O)C1=C(O)/C(=C\c2cc(OC)c(O)c(OC)c2)SC1=Nc1ccccc1OC. The summed E-state index contributed by atoms with van der Waals surface area (Å²) in [6, 6.07) is 10.2. The first kappa shape index (κ1) is 23.1. The summed E-state index contributed by atoms with van der Waals surface area (Å²) in [6.45, 7) is 1.83. The van der Waals surface area contributed by atoms with Crippen LogP contribution in [0.4, 0.5) is 5.69 Å². The van der Waals surface area contributed by atoms with Crippen molar-refractivity contribution in [1.29, 1.82) is 0 Å². The molecule has 168 valence electrons. The summed E-state index contributed by atoms with van der Waals surface area (Å²) in [7, 11) is 4.37. The van der Waals surface area contributed by atoms with Gasteiger partial charge in [0.05, 0.1) is 32.8 Å². The van der Waals surface area contributed by atoms with E-state index in [1.165, 1.54) is 21.3 Å². The van der Waals surface area contributed by atoms with E-state index in [2.05, 4.69) is 4.99 Å². The van der Waals surface area contributed by atoms with Crippen molar-refractivity contribution in [3.05, 3.63) is 58.2 Å². The number of esters is 1. The lowest BCUT2D eigenvalue weighted by Gasteiger charge is -2.10. The van der Waals surface area contributed by atoms with Crippen LogP contribution in [0.25, 0.3) is 6.08 Å². The van der Waals surface area contributed by atoms with Crippen LogP contribution < -0.4 is 14.2 Å². The lowest BCUT2D eigenvalue weighted by atomic mass is 10.1. The number of para-hydroxylation sites is 2. The van der Waals surface area contributed by atoms with Gasteiger partial charge in [0, 0.05) is 0 Å². The van der Waals surface area contributed by atoms with Gasteiger partial charge in [-0.15, -0.1) is 0 Å². The monoisotopic (exact) mass is 457 g/mol. The minimum absolute atomic E-state index is 0.0354. The Kier molecular flexibility index (Phi) is 7.32. The highest BCUT2D eigenvalue weighted by molar-refractivity contribution is 8.18. The molecule has 0 unspecified atom stereocenters. The zero-order valence-corrected chi connectivity index (χ0v) is 18.9. The van der Waals surface area contributed by atoms with Gasteiger partial charge in [-0.2, -0.15) is 0 Å². The van der Waals surface area contributed by atoms with Crippen molar-refractivity contribution < 1.29 is 34.0 Å². The number of aliphatic imine (C=N–C) groups is 1. The number of nitrogens with zero attached hydrogens (tertiary/aromatic N) is 1. The van der Waals surface area contributed by atoms with E-state index in [0.717, 1.165) is 11.8 Å². The van der Waals surface area contributed by atoms with Crippen LogP contribution in [0.15, 0.2) is 57.6 Å². The fraction of sp³-hybridized carbons (Fsp3) is 0.217. The maximum atomic E-state index is 12.6. The molecule has 1 aliphatic heterocycles. The summed E-state index contributed by atoms with van der Waals surface area (Å²) in [4.78, 5) is 17.5. The van der Waals surface area contributed by atoms with Crippen molar-refractivity contribution in [2.45, 2.75) is 6.92 Å². The summed E-state index contributed by atoms with van der Waals surface area (Å²) in [5, 5.41) is 21.3. The largest absolute Gasteiger partial charge is 0.506 e. The zero-order chi connectivity index (χ0) is 23.3. The second-order valence-corrected chi connectivity index (χ2v) is 7.45. The Bertz CT molecular complexity index is 1100. The van der Waals surface area contributed by atoms with Gasteiger partial charge in [0.25, 0.3) is 0 Å². The summed E-state index contributed by atoms with van der Waals surface area (Å²) >= 11 is 1.11. The minimum atomic E-state index is -0.685. The molecular formula is C23H23NO7S. The average molecular weight is 458 g/mol. The lowest BCUT2D eigenvalue weighted by Crippen LogP contribution is -2.12. The van der Waals surface area contributed by atoms with E-state index in [0.29, 0.717) is 21.9 Å². The smallest absolute Gasteiger partial charge is 0.344 e. The van der Waals surface area contributed by atoms with E-state index in [1.807, 2.05) is 0 Å². The number of ether oxygens (including phenoxy) is 4. The van der Waals surface area contributed by atoms with Crippen LogP contribution >= 0.6 is 11.8 Å². The van der Waals surface area contributed by atoms with E-state index in [4.69, 9.17) is 18.9 Å². The van der Waals surface area contributed by atoms with E-state index in [1.54, 1.807) is 49.4 Å². The van der Waals surface area contributed by atoms with Gasteiger partial charge in [-0.1, -0.05) is 23.9 Å². The quantitative estimate of drug-likeness (QED) is 0.581. The maximum Gasteiger partial charge on any atom is 0.344 e. The summed E-state index contributed by atoms with van der Waals surface area (Å²) < 4.78 is 20.8. The Morgan fingerprint density at radius 2 is 1.66 bits per heavy atom. The topological polar surface area (TPSA) is 107 Å². The highest BCUT2D eigenvalue weighted by atomic mass is 32.2. The van der Waals surface area contributed by atoms with Crippen LogP contribution in [-0.2, 0) is 9.53 Å². The second-order valence-electron chi connectivity index (χ2n) is 6.42. The predicted molar refractivity (Wildman–Crippen MR) is 123 cm³/mol. The highest BCUT2D eigenvalue weighted by Crippen LogP contribution is 2.43. The Hall–Kier alpha value is -3.59. The number of methoxy groups -OCH3 is 3. The van der Waals surface area contributed by atoms with Crippen LogP contribution in [0.5, 0.6) is 23.0 Å². The van der Waals surface area contributed by atoms with Crippen molar-refractivity contribution in [3.63, 3.8) is 0 Å². The number of carbonyl (C=O) groups excluding carboxylic acids is 1. The maximum absolute atomic E-state index is 12.6. The van der Waals surface area contributed by atoms with Gasteiger partial charge in [-0.05, 0) is 42.8 Å². The molecule has 32 heavy (non-hydrogen) atoms. The van der Waals surface area contributed by atoms with Crippen molar-refractivity contribution in [3.8, 4) is 23.0 Å². The third-order valence-electron chi connectivity index (χ3n) is 4.48. The lowest BCUT2D eigenvalue weighted by molar-refractivity contribution is -0.138. The number of aliphatic hydroxyl groups excluding tert-OH is 1. The Balaban J connectivity index is 2.11. The molecule has 0 saturated carbocycles. The first-order chi connectivity index (χ1) is 15.4. The number of benzene rings is 2. The van der Waals surface area contributed by atoms with Crippen molar-refractivity contribution in [1.82, 2.24) is 0 Å². The van der Waals surface area contributed by atoms with Crippen LogP contribution in [-0.4, -0.2) is 49.2 Å². The van der Waals surface area contributed by atoms with Gasteiger partial charge in [0.2, 0.25) is 5.75 Å². The average Bonchev–Trinajstić information content (AvgIpc) is 3.09. The third-order valence-corrected chi connectivity index (χ3v) is 5.50. The second kappa shape index (κ2) is 10.1. The van der Waals surface area contributed by atoms with Crippen LogP contribution in [0.2, 0.25) is 0 Å². The van der Waals surface area contributed by atoms with E-state index < -0.39 is 5.97 Å². The van der Waals surface area contributed by atoms with E-state index in [-0.39, 0.29) is 40.2 Å². The van der Waals surface area contributed by atoms with Gasteiger partial charge in [0.1, 0.15) is 27.8 Å². The third kappa shape index (κ3) is 4.67. The zero-order valence-electron chi connectivity index (χ0n) is 18.0. The standard InChI is InChI=1S/C23H23NO7S/c1-5-31-23(27)19-21(26)18(12-13-10-16(29-3)20(25)17(11-13)30-4)32-22(19)24-14-8-6-7-9-15(14)28-2/h6-12,25-26H,5H2,1-4H3/b18-12+,24-22?. The summed E-state index contributed by atoms with van der Waals surface area (Å²) in [5.74, 6) is -0.147. The number of phenolic OH excluding ortho intramolecular Hbond substituents is 1. The van der Waals surface area contributed by atoms with Crippen molar-refractivity contribution >= 4 is 34.5 Å². The fourth-order valence-electron chi connectivity index (χ4n) is 2.97. The van der Waals surface area contributed by atoms with Gasteiger partial charge >= 0.3 is 5.97 Å². The molecule has 0 bridgehead atoms. The predicted octanol–water partition coefficient (Wildman–Crippen LogP) is 4.61. The molecule has 2 aromatic rings. The molecule has 0 atom stereocenters. The molecule has 0 radical (unpaired) electrons. The number of carbonyl (C=O) groups is 1. The molecule has 0 aromatic heterocycles. The molecule has 0 amide bonds. The van der Waals surface area contributed by atoms with E-state index in [9.17, 15) is 15.0 Å². The molecule has 1 aliphatic rings. The Morgan fingerprint density at radius 3 is 2.25 bits per heavy atom. The van der Waals surface area contributed by atoms with Crippen molar-refractivity contribution in [2.75, 3.05) is 27.9 Å². The van der Waals surface area contributed by atoms with Crippen LogP contribution in [0, 0.1) is 0 Å². The van der Waals surface area contributed by atoms with Crippen molar-refractivity contribution in [2.24, 2.45) is 4.99 Å². The highest BCUT2D eigenvalue weighted by Gasteiger charge is 2.33. The summed E-state index contributed by atoms with van der Waals surface area (Å²) in [5.41, 5.74) is 1.04. The Labute approximate surface area is 189 Å². The molecule has 0 aliphatic carbocycles. The van der Waals surface area contributed by atoms with Crippen LogP contribution in [0.1, 0.15) is 12.5 Å². The molecule has 0 spiro atoms. The first-order valence-corrected chi connectivity index (χ1v) is 10.4. The molecule has 8 nitrogen and oxygen atoms in total. The number of phenols is 1. The Morgan fingerprint density at radius 1 is 1.03 bits per heavy atom. The number of aliphatic hydroxyl groups is 1. The molecule has 1 heterocycles. The molecule has 0 fully saturated rings. The van der Waals surface area contributed by atoms with Crippen LogP contribution in [0.3, 0.4) is 0 Å². The normalized spacial score (nSPS) is 15.9. The molecule has 3 rings (SSSR count). The number of hydrogen-bond donors (Lipinski definition) is 2. The van der Waals surface area contributed by atoms with Gasteiger partial charge in [-0.3, -0.25) is 0 Å². The van der Waals surface area contributed by atoms with Gasteiger partial charge in [0.15, 0.2) is 11.5 Å². The minimum Gasteiger partial charge on any atom is -0.506 e. The number of rotatable bonds is 7. The molecule has 2 N–H and O–H groups in total. The molecule has 2 aromatic carbocycles. The number of aromatic hydroxyl groups is 1. The first-order valence-electron chi connectivity index (χ1n) is 9.60. The number of hydrogen-bond acceptors (Lipinski definition) is 9. The molecule has 9 heteroatoms.